The Morgan fingerprint density at radius 3 is 2.94 bits per heavy atom. The Hall–Kier alpha value is -1.40. The van der Waals surface area contributed by atoms with Crippen molar-refractivity contribution >= 4 is 22.0 Å². The van der Waals surface area contributed by atoms with Gasteiger partial charge < -0.3 is 9.64 Å². The molecule has 0 N–H and O–H groups in total. The van der Waals surface area contributed by atoms with E-state index in [1.165, 1.54) is 6.34 Å². The molecule has 0 aromatic heterocycles. The summed E-state index contributed by atoms with van der Waals surface area (Å²) in [5.41, 5.74) is 0.674. The zero-order chi connectivity index (χ0) is 11.2. The van der Waals surface area contributed by atoms with Crippen molar-refractivity contribution in [1.29, 1.82) is 0 Å². The van der Waals surface area contributed by atoms with Crippen LogP contribution in [0.15, 0.2) is 33.6 Å². The minimum absolute atomic E-state index is 0.195. The molecule has 5 nitrogen and oxygen atoms in total. The van der Waals surface area contributed by atoms with E-state index < -0.39 is 10.0 Å². The molecule has 16 heavy (non-hydrogen) atoms. The van der Waals surface area contributed by atoms with Crippen molar-refractivity contribution in [1.82, 2.24) is 0 Å². The number of hydrogen-bond donors (Lipinski definition) is 0. The molecule has 1 aromatic carbocycles. The second-order valence-corrected chi connectivity index (χ2v) is 5.37. The highest BCUT2D eigenvalue weighted by atomic mass is 32.2. The number of epoxide rings is 1. The molecule has 2 aliphatic heterocycles. The van der Waals surface area contributed by atoms with Crippen molar-refractivity contribution in [3.63, 3.8) is 0 Å². The number of rotatable bonds is 2. The summed E-state index contributed by atoms with van der Waals surface area (Å²) in [5, 5.41) is 0. The van der Waals surface area contributed by atoms with Crippen LogP contribution < -0.4 is 4.90 Å². The van der Waals surface area contributed by atoms with E-state index in [9.17, 15) is 8.42 Å². The first-order chi connectivity index (χ1) is 7.67. The molecular formula is C10H10N2O3S. The number of sulfonamides is 1. The molecule has 1 atom stereocenters. The van der Waals surface area contributed by atoms with E-state index in [1.54, 1.807) is 18.2 Å². The third-order valence-electron chi connectivity index (χ3n) is 2.58. The SMILES string of the molecule is O=S1(=O)N=CN(CC2CO2)c2ccccc21. The molecule has 1 saturated heterocycles. The molecule has 0 saturated carbocycles. The van der Waals surface area contributed by atoms with E-state index in [0.717, 1.165) is 6.61 Å². The van der Waals surface area contributed by atoms with Crippen LogP contribution in [0, 0.1) is 0 Å². The van der Waals surface area contributed by atoms with Crippen LogP contribution in [0.5, 0.6) is 0 Å². The number of benzene rings is 1. The predicted molar refractivity (Wildman–Crippen MR) is 59.2 cm³/mol. The number of anilines is 1. The molecule has 0 amide bonds. The number of hydrogen-bond acceptors (Lipinski definition) is 4. The highest BCUT2D eigenvalue weighted by Gasteiger charge is 2.30. The fraction of sp³-hybridized carbons (Fsp3) is 0.300. The van der Waals surface area contributed by atoms with E-state index >= 15 is 0 Å². The Morgan fingerprint density at radius 1 is 1.44 bits per heavy atom. The average Bonchev–Trinajstić information content (AvgIpc) is 3.07. The van der Waals surface area contributed by atoms with Crippen molar-refractivity contribution in [2.75, 3.05) is 18.1 Å². The smallest absolute Gasteiger partial charge is 0.285 e. The molecule has 0 aliphatic carbocycles. The Balaban J connectivity index is 2.05. The molecule has 2 aliphatic rings. The molecule has 2 heterocycles. The molecule has 0 radical (unpaired) electrons. The third-order valence-corrected chi connectivity index (χ3v) is 3.85. The minimum atomic E-state index is -3.50. The summed E-state index contributed by atoms with van der Waals surface area (Å²) < 4.78 is 32.0. The summed E-state index contributed by atoms with van der Waals surface area (Å²) in [6.45, 7) is 1.38. The Labute approximate surface area is 93.4 Å². The quantitative estimate of drug-likeness (QED) is 0.709. The van der Waals surface area contributed by atoms with Crippen molar-refractivity contribution < 1.29 is 13.2 Å². The van der Waals surface area contributed by atoms with E-state index in [1.807, 2.05) is 11.0 Å². The lowest BCUT2D eigenvalue weighted by molar-refractivity contribution is 0.412. The summed E-state index contributed by atoms with van der Waals surface area (Å²) in [7, 11) is -3.50. The molecule has 1 aromatic rings. The van der Waals surface area contributed by atoms with E-state index in [0.29, 0.717) is 12.2 Å². The van der Waals surface area contributed by atoms with E-state index in [-0.39, 0.29) is 11.0 Å². The lowest BCUT2D eigenvalue weighted by Crippen LogP contribution is -2.30. The lowest BCUT2D eigenvalue weighted by atomic mass is 10.3. The Bertz CT molecular complexity index is 549. The molecular weight excluding hydrogens is 228 g/mol. The van der Waals surface area contributed by atoms with E-state index in [2.05, 4.69) is 4.40 Å². The molecule has 0 spiro atoms. The minimum Gasteiger partial charge on any atom is -0.371 e. The van der Waals surface area contributed by atoms with E-state index in [4.69, 9.17) is 4.74 Å². The van der Waals surface area contributed by atoms with Gasteiger partial charge in [0, 0.05) is 0 Å². The highest BCUT2D eigenvalue weighted by molar-refractivity contribution is 7.90. The highest BCUT2D eigenvalue weighted by Crippen LogP contribution is 2.30. The van der Waals surface area contributed by atoms with Gasteiger partial charge in [0.2, 0.25) is 0 Å². The summed E-state index contributed by atoms with van der Waals surface area (Å²) in [4.78, 5) is 2.08. The van der Waals surface area contributed by atoms with Gasteiger partial charge in [0.1, 0.15) is 11.2 Å². The number of nitrogens with zero attached hydrogens (tertiary/aromatic N) is 2. The second kappa shape index (κ2) is 3.29. The van der Waals surface area contributed by atoms with Gasteiger partial charge in [-0.05, 0) is 12.1 Å². The van der Waals surface area contributed by atoms with Crippen LogP contribution in [0.1, 0.15) is 0 Å². The number of fused-ring (bicyclic) bond motifs is 1. The predicted octanol–water partition coefficient (Wildman–Crippen LogP) is 0.622. The van der Waals surface area contributed by atoms with Crippen molar-refractivity contribution in [3.05, 3.63) is 24.3 Å². The molecule has 6 heteroatoms. The van der Waals surface area contributed by atoms with Crippen molar-refractivity contribution in [2.24, 2.45) is 4.40 Å². The maximum atomic E-state index is 11.7. The fourth-order valence-corrected chi connectivity index (χ4v) is 2.74. The van der Waals surface area contributed by atoms with Gasteiger partial charge in [0.25, 0.3) is 10.0 Å². The second-order valence-electron chi connectivity index (χ2n) is 3.77. The third kappa shape index (κ3) is 1.60. The fourth-order valence-electron chi connectivity index (χ4n) is 1.69. The molecule has 1 unspecified atom stereocenters. The van der Waals surface area contributed by atoms with Gasteiger partial charge in [-0.1, -0.05) is 12.1 Å². The molecule has 3 rings (SSSR count). The molecule has 1 fully saturated rings. The maximum Gasteiger partial charge on any atom is 0.285 e. The number of ether oxygens (including phenoxy) is 1. The summed E-state index contributed by atoms with van der Waals surface area (Å²) in [6, 6.07) is 6.86. The van der Waals surface area contributed by atoms with Gasteiger partial charge in [0.05, 0.1) is 24.9 Å². The first-order valence-electron chi connectivity index (χ1n) is 4.94. The monoisotopic (exact) mass is 238 g/mol. The Kier molecular flexibility index (Phi) is 2.02. The van der Waals surface area contributed by atoms with Gasteiger partial charge >= 0.3 is 0 Å². The largest absolute Gasteiger partial charge is 0.371 e. The van der Waals surface area contributed by atoms with Crippen LogP contribution in [0.4, 0.5) is 5.69 Å². The van der Waals surface area contributed by atoms with Gasteiger partial charge in [-0.25, -0.2) is 0 Å². The first-order valence-corrected chi connectivity index (χ1v) is 6.38. The molecule has 0 bridgehead atoms. The zero-order valence-electron chi connectivity index (χ0n) is 8.41. The van der Waals surface area contributed by atoms with Crippen LogP contribution in [-0.4, -0.2) is 34.0 Å². The summed E-state index contributed by atoms with van der Waals surface area (Å²) in [5.74, 6) is 0. The van der Waals surface area contributed by atoms with Gasteiger partial charge in [0.15, 0.2) is 0 Å². The normalized spacial score (nSPS) is 25.2. The first kappa shape index (κ1) is 9.80. The average molecular weight is 238 g/mol. The van der Waals surface area contributed by atoms with Crippen LogP contribution in [0.3, 0.4) is 0 Å². The van der Waals surface area contributed by atoms with Crippen LogP contribution >= 0.6 is 0 Å². The van der Waals surface area contributed by atoms with Crippen LogP contribution in [0.25, 0.3) is 0 Å². The summed E-state index contributed by atoms with van der Waals surface area (Å²) in [6.07, 6.45) is 1.56. The van der Waals surface area contributed by atoms with Crippen molar-refractivity contribution in [3.8, 4) is 0 Å². The van der Waals surface area contributed by atoms with Gasteiger partial charge in [-0.3, -0.25) is 0 Å². The van der Waals surface area contributed by atoms with Crippen LogP contribution in [-0.2, 0) is 14.8 Å². The topological polar surface area (TPSA) is 62.3 Å². The maximum absolute atomic E-state index is 11.7. The van der Waals surface area contributed by atoms with Crippen molar-refractivity contribution in [2.45, 2.75) is 11.0 Å². The number of para-hydroxylation sites is 1. The summed E-state index contributed by atoms with van der Waals surface area (Å²) >= 11 is 0. The molecule has 84 valence electrons. The lowest BCUT2D eigenvalue weighted by Gasteiger charge is -2.24. The van der Waals surface area contributed by atoms with Crippen LogP contribution in [0.2, 0.25) is 0 Å². The Morgan fingerprint density at radius 2 is 2.19 bits per heavy atom. The standard InChI is InChI=1S/C10H10N2O3S/c13-16(14)10-4-2-1-3-9(10)12(7-11-16)5-8-6-15-8/h1-4,7-8H,5-6H2. The zero-order valence-corrected chi connectivity index (χ0v) is 9.22. The van der Waals surface area contributed by atoms with Gasteiger partial charge in [-0.2, -0.15) is 8.42 Å². The van der Waals surface area contributed by atoms with Gasteiger partial charge in [-0.15, -0.1) is 4.40 Å².